The SMILES string of the molecule is CCCCNc1ccc(Oc2ccc(F)cc2F)c(-c2cc(N(C)C)c(=O)n(C)c2)c1. The van der Waals surface area contributed by atoms with E-state index in [4.69, 9.17) is 4.74 Å². The number of halogens is 2. The Morgan fingerprint density at radius 3 is 2.48 bits per heavy atom. The van der Waals surface area contributed by atoms with Crippen LogP contribution < -0.4 is 20.5 Å². The molecule has 0 aliphatic heterocycles. The van der Waals surface area contributed by atoms with Crippen LogP contribution >= 0.6 is 0 Å². The summed E-state index contributed by atoms with van der Waals surface area (Å²) in [6, 6.07) is 10.5. The Morgan fingerprint density at radius 1 is 1.06 bits per heavy atom. The predicted molar refractivity (Wildman–Crippen MR) is 121 cm³/mol. The van der Waals surface area contributed by atoms with Crippen molar-refractivity contribution in [2.45, 2.75) is 19.8 Å². The Bertz CT molecular complexity index is 1130. The zero-order valence-electron chi connectivity index (χ0n) is 18.2. The first-order valence-electron chi connectivity index (χ1n) is 10.2. The normalized spacial score (nSPS) is 10.8. The summed E-state index contributed by atoms with van der Waals surface area (Å²) in [7, 11) is 5.28. The van der Waals surface area contributed by atoms with E-state index in [1.807, 2.05) is 12.1 Å². The maximum Gasteiger partial charge on any atom is 0.273 e. The van der Waals surface area contributed by atoms with Gasteiger partial charge in [0.1, 0.15) is 17.3 Å². The number of aromatic nitrogens is 1. The highest BCUT2D eigenvalue weighted by Gasteiger charge is 2.15. The fourth-order valence-corrected chi connectivity index (χ4v) is 3.20. The molecule has 0 aliphatic carbocycles. The Balaban J connectivity index is 2.10. The Kier molecular flexibility index (Phi) is 6.95. The minimum Gasteiger partial charge on any atom is -0.454 e. The highest BCUT2D eigenvalue weighted by Crippen LogP contribution is 2.37. The monoisotopic (exact) mass is 427 g/mol. The van der Waals surface area contributed by atoms with E-state index < -0.39 is 11.6 Å². The van der Waals surface area contributed by atoms with Crippen LogP contribution in [0.2, 0.25) is 0 Å². The molecule has 164 valence electrons. The minimum atomic E-state index is -0.787. The standard InChI is InChI=1S/C24H27F2N3O2/c1-5-6-11-27-18-8-10-22(31-23-9-7-17(25)13-20(23)26)19(14-18)16-12-21(28(2)3)24(30)29(4)15-16/h7-10,12-15,27H,5-6,11H2,1-4H3. The van der Waals surface area contributed by atoms with Gasteiger partial charge in [0.05, 0.1) is 0 Å². The topological polar surface area (TPSA) is 46.5 Å². The lowest BCUT2D eigenvalue weighted by molar-refractivity contribution is 0.439. The first-order valence-corrected chi connectivity index (χ1v) is 10.2. The third-order valence-corrected chi connectivity index (χ3v) is 4.91. The number of aryl methyl sites for hydroxylation is 1. The van der Waals surface area contributed by atoms with Crippen molar-refractivity contribution in [2.24, 2.45) is 7.05 Å². The Labute approximate surface area is 180 Å². The van der Waals surface area contributed by atoms with Gasteiger partial charge in [0.15, 0.2) is 11.6 Å². The van der Waals surface area contributed by atoms with Crippen molar-refractivity contribution < 1.29 is 13.5 Å². The molecule has 1 N–H and O–H groups in total. The molecule has 0 unspecified atom stereocenters. The molecule has 0 bridgehead atoms. The molecule has 31 heavy (non-hydrogen) atoms. The van der Waals surface area contributed by atoms with E-state index >= 15 is 0 Å². The molecule has 0 amide bonds. The average Bonchev–Trinajstić information content (AvgIpc) is 2.72. The van der Waals surface area contributed by atoms with Crippen molar-refractivity contribution in [1.29, 1.82) is 0 Å². The van der Waals surface area contributed by atoms with Crippen LogP contribution in [0.5, 0.6) is 11.5 Å². The van der Waals surface area contributed by atoms with Crippen LogP contribution in [-0.2, 0) is 7.05 Å². The van der Waals surface area contributed by atoms with E-state index in [0.717, 1.165) is 42.8 Å². The Morgan fingerprint density at radius 2 is 1.81 bits per heavy atom. The van der Waals surface area contributed by atoms with Gasteiger partial charge in [0.25, 0.3) is 5.56 Å². The number of ether oxygens (including phenoxy) is 1. The van der Waals surface area contributed by atoms with Crippen molar-refractivity contribution in [1.82, 2.24) is 4.57 Å². The first-order chi connectivity index (χ1) is 14.8. The van der Waals surface area contributed by atoms with Crippen molar-refractivity contribution in [3.63, 3.8) is 0 Å². The van der Waals surface area contributed by atoms with Crippen LogP contribution in [0.4, 0.5) is 20.2 Å². The lowest BCUT2D eigenvalue weighted by Gasteiger charge is -2.18. The second-order valence-electron chi connectivity index (χ2n) is 7.59. The molecule has 1 aromatic heterocycles. The summed E-state index contributed by atoms with van der Waals surface area (Å²) in [5.74, 6) is -1.14. The van der Waals surface area contributed by atoms with Gasteiger partial charge in [-0.3, -0.25) is 4.79 Å². The minimum absolute atomic E-state index is 0.0769. The van der Waals surface area contributed by atoms with E-state index in [1.165, 1.54) is 10.6 Å². The molecule has 0 spiro atoms. The molecule has 7 heteroatoms. The van der Waals surface area contributed by atoms with Crippen LogP contribution in [-0.4, -0.2) is 25.2 Å². The molecule has 0 saturated heterocycles. The molecule has 0 fully saturated rings. The maximum absolute atomic E-state index is 14.2. The number of anilines is 2. The first kappa shape index (κ1) is 22.3. The Hall–Kier alpha value is -3.35. The number of unbranched alkanes of at least 4 members (excludes halogenated alkanes) is 1. The van der Waals surface area contributed by atoms with E-state index in [-0.39, 0.29) is 11.3 Å². The van der Waals surface area contributed by atoms with Crippen LogP contribution in [0, 0.1) is 11.6 Å². The summed E-state index contributed by atoms with van der Waals surface area (Å²) in [5, 5.41) is 3.37. The number of rotatable bonds is 8. The highest BCUT2D eigenvalue weighted by molar-refractivity contribution is 5.76. The fraction of sp³-hybridized carbons (Fsp3) is 0.292. The maximum atomic E-state index is 14.2. The zero-order valence-corrected chi connectivity index (χ0v) is 18.2. The quantitative estimate of drug-likeness (QED) is 0.489. The number of hydrogen-bond donors (Lipinski definition) is 1. The second kappa shape index (κ2) is 9.64. The molecule has 0 radical (unpaired) electrons. The number of nitrogens with zero attached hydrogens (tertiary/aromatic N) is 2. The number of nitrogens with one attached hydrogen (secondary N) is 1. The van der Waals surface area contributed by atoms with Gasteiger partial charge in [-0.15, -0.1) is 0 Å². The van der Waals surface area contributed by atoms with Crippen LogP contribution in [0.1, 0.15) is 19.8 Å². The van der Waals surface area contributed by atoms with Gasteiger partial charge in [0.2, 0.25) is 0 Å². The van der Waals surface area contributed by atoms with Gasteiger partial charge >= 0.3 is 0 Å². The lowest BCUT2D eigenvalue weighted by atomic mass is 10.0. The molecule has 0 saturated carbocycles. The molecular weight excluding hydrogens is 400 g/mol. The molecule has 1 heterocycles. The molecule has 0 aliphatic rings. The van der Waals surface area contributed by atoms with Crippen molar-refractivity contribution in [3.05, 3.63) is 70.6 Å². The van der Waals surface area contributed by atoms with Gasteiger partial charge in [-0.1, -0.05) is 13.3 Å². The molecule has 3 aromatic rings. The lowest BCUT2D eigenvalue weighted by Crippen LogP contribution is -2.25. The summed E-state index contributed by atoms with van der Waals surface area (Å²) in [6.45, 7) is 2.94. The van der Waals surface area contributed by atoms with Gasteiger partial charge in [-0.2, -0.15) is 0 Å². The second-order valence-corrected chi connectivity index (χ2v) is 7.59. The highest BCUT2D eigenvalue weighted by atomic mass is 19.1. The molecule has 0 atom stereocenters. The number of pyridine rings is 1. The van der Waals surface area contributed by atoms with Crippen LogP contribution in [0.3, 0.4) is 0 Å². The van der Waals surface area contributed by atoms with Crippen LogP contribution in [0.25, 0.3) is 11.1 Å². The number of benzene rings is 2. The van der Waals surface area contributed by atoms with E-state index in [0.29, 0.717) is 17.0 Å². The fourth-order valence-electron chi connectivity index (χ4n) is 3.20. The summed E-state index contributed by atoms with van der Waals surface area (Å²) in [6.07, 6.45) is 3.81. The van der Waals surface area contributed by atoms with Gasteiger partial charge in [-0.05, 0) is 42.8 Å². The average molecular weight is 427 g/mol. The van der Waals surface area contributed by atoms with E-state index in [9.17, 15) is 13.6 Å². The molecule has 2 aromatic carbocycles. The summed E-state index contributed by atoms with van der Waals surface area (Å²) in [5.41, 5.74) is 2.70. The molecular formula is C24H27F2N3O2. The summed E-state index contributed by atoms with van der Waals surface area (Å²) >= 11 is 0. The molecule has 3 rings (SSSR count). The van der Waals surface area contributed by atoms with Crippen molar-refractivity contribution in [2.75, 3.05) is 30.9 Å². The predicted octanol–water partition coefficient (Wildman–Crippen LogP) is 5.40. The van der Waals surface area contributed by atoms with Gasteiger partial charge in [-0.25, -0.2) is 8.78 Å². The van der Waals surface area contributed by atoms with Crippen molar-refractivity contribution >= 4 is 11.4 Å². The van der Waals surface area contributed by atoms with Gasteiger partial charge in [0, 0.05) is 56.8 Å². The van der Waals surface area contributed by atoms with Gasteiger partial charge < -0.3 is 19.5 Å². The van der Waals surface area contributed by atoms with Crippen molar-refractivity contribution in [3.8, 4) is 22.6 Å². The zero-order chi connectivity index (χ0) is 22.5. The van der Waals surface area contributed by atoms with E-state index in [2.05, 4.69) is 12.2 Å². The number of hydrogen-bond acceptors (Lipinski definition) is 4. The largest absolute Gasteiger partial charge is 0.454 e. The third-order valence-electron chi connectivity index (χ3n) is 4.91. The third kappa shape index (κ3) is 5.23. The van der Waals surface area contributed by atoms with E-state index in [1.54, 1.807) is 44.4 Å². The smallest absolute Gasteiger partial charge is 0.273 e. The van der Waals surface area contributed by atoms with Crippen LogP contribution in [0.15, 0.2) is 53.5 Å². The summed E-state index contributed by atoms with van der Waals surface area (Å²) < 4.78 is 34.8. The molecule has 5 nitrogen and oxygen atoms in total. The summed E-state index contributed by atoms with van der Waals surface area (Å²) in [4.78, 5) is 14.2.